The van der Waals surface area contributed by atoms with E-state index in [0.717, 1.165) is 19.3 Å². The largest absolute Gasteiger partial charge is 0.472 e. The second-order valence-corrected chi connectivity index (χ2v) is 6.39. The number of alkyl halides is 3. The highest BCUT2D eigenvalue weighted by atomic mass is 19.4. The Bertz CT molecular complexity index is 802. The summed E-state index contributed by atoms with van der Waals surface area (Å²) in [6, 6.07) is 3.04. The first-order valence-corrected chi connectivity index (χ1v) is 8.23. The van der Waals surface area contributed by atoms with Gasteiger partial charge in [-0.2, -0.15) is 18.2 Å². The molecule has 1 saturated heterocycles. The molecule has 2 aromatic rings. The zero-order valence-electron chi connectivity index (χ0n) is 13.6. The summed E-state index contributed by atoms with van der Waals surface area (Å²) in [4.78, 5) is 21.2. The summed E-state index contributed by atoms with van der Waals surface area (Å²) < 4.78 is 47.4. The molecule has 1 amide bonds. The van der Waals surface area contributed by atoms with E-state index in [1.807, 2.05) is 4.90 Å². The van der Waals surface area contributed by atoms with E-state index < -0.39 is 12.1 Å². The Morgan fingerprint density at radius 1 is 1.27 bits per heavy atom. The number of hydrogen-bond donors (Lipinski definition) is 0. The summed E-state index contributed by atoms with van der Waals surface area (Å²) in [5.74, 6) is -0.892. The second-order valence-electron chi connectivity index (χ2n) is 6.39. The third kappa shape index (κ3) is 3.49. The van der Waals surface area contributed by atoms with Gasteiger partial charge in [-0.05, 0) is 18.9 Å². The molecule has 2 aromatic heterocycles. The van der Waals surface area contributed by atoms with Crippen molar-refractivity contribution in [1.29, 1.82) is 0 Å². The summed E-state index contributed by atoms with van der Waals surface area (Å²) in [6.07, 6.45) is -0.845. The number of carbonyl (C=O) groups excluding carboxylic acids is 1. The number of nitrogens with zero attached hydrogens (tertiary/aromatic N) is 4. The van der Waals surface area contributed by atoms with Crippen molar-refractivity contribution < 1.29 is 27.2 Å². The number of carbonyl (C=O) groups is 1. The number of ether oxygens (including phenoxy) is 1. The van der Waals surface area contributed by atoms with Gasteiger partial charge in [0.2, 0.25) is 17.6 Å². The standard InChI is InChI=1S/C16H15F3N4O3/c17-16(18,19)15-21-13(22-26-15)10-3-4-12(20-7-10)25-11-5-6-23(8-11)14(24)9-1-2-9/h3-4,7,9,11H,1-2,5-6,8H2/t11-/m0/s1. The number of halogens is 3. The van der Waals surface area contributed by atoms with Gasteiger partial charge in [-0.3, -0.25) is 4.79 Å². The van der Waals surface area contributed by atoms with Crippen molar-refractivity contribution in [2.75, 3.05) is 13.1 Å². The third-order valence-corrected chi connectivity index (χ3v) is 4.33. The van der Waals surface area contributed by atoms with Crippen LogP contribution in [0.15, 0.2) is 22.9 Å². The molecule has 138 valence electrons. The second kappa shape index (κ2) is 6.26. The predicted octanol–water partition coefficient (Wildman–Crippen LogP) is 2.54. The maximum atomic E-state index is 12.5. The zero-order chi connectivity index (χ0) is 18.3. The Kier molecular flexibility index (Phi) is 4.04. The van der Waals surface area contributed by atoms with E-state index in [1.54, 1.807) is 0 Å². The van der Waals surface area contributed by atoms with Gasteiger partial charge in [0.05, 0.1) is 6.54 Å². The van der Waals surface area contributed by atoms with E-state index in [0.29, 0.717) is 19.0 Å². The molecule has 0 aromatic carbocycles. The smallest absolute Gasteiger partial charge is 0.471 e. The molecule has 0 radical (unpaired) electrons. The van der Waals surface area contributed by atoms with Gasteiger partial charge in [0.1, 0.15) is 6.10 Å². The fourth-order valence-corrected chi connectivity index (χ4v) is 2.82. The van der Waals surface area contributed by atoms with Crippen molar-refractivity contribution in [1.82, 2.24) is 20.0 Å². The van der Waals surface area contributed by atoms with Gasteiger partial charge < -0.3 is 14.2 Å². The average Bonchev–Trinajstić information content (AvgIpc) is 3.14. The van der Waals surface area contributed by atoms with Crippen molar-refractivity contribution in [2.45, 2.75) is 31.5 Å². The predicted molar refractivity (Wildman–Crippen MR) is 80.9 cm³/mol. The van der Waals surface area contributed by atoms with E-state index in [9.17, 15) is 18.0 Å². The molecule has 26 heavy (non-hydrogen) atoms. The molecule has 2 aliphatic rings. The third-order valence-electron chi connectivity index (χ3n) is 4.33. The van der Waals surface area contributed by atoms with Gasteiger partial charge >= 0.3 is 12.1 Å². The highest BCUT2D eigenvalue weighted by Crippen LogP contribution is 2.33. The number of amides is 1. The molecule has 7 nitrogen and oxygen atoms in total. The normalized spacial score (nSPS) is 20.4. The zero-order valence-corrected chi connectivity index (χ0v) is 13.6. The molecule has 1 aliphatic heterocycles. The Morgan fingerprint density at radius 2 is 2.08 bits per heavy atom. The lowest BCUT2D eigenvalue weighted by atomic mass is 10.2. The molecule has 0 unspecified atom stereocenters. The number of pyridine rings is 1. The van der Waals surface area contributed by atoms with Gasteiger partial charge in [0.25, 0.3) is 0 Å². The summed E-state index contributed by atoms with van der Waals surface area (Å²) in [7, 11) is 0. The lowest BCUT2D eigenvalue weighted by Crippen LogP contribution is -2.32. The number of likely N-dealkylation sites (tertiary alicyclic amines) is 1. The highest BCUT2D eigenvalue weighted by molar-refractivity contribution is 5.81. The summed E-state index contributed by atoms with van der Waals surface area (Å²) >= 11 is 0. The molecule has 0 bridgehead atoms. The highest BCUT2D eigenvalue weighted by Gasteiger charge is 2.39. The van der Waals surface area contributed by atoms with Crippen LogP contribution in [0.25, 0.3) is 11.4 Å². The lowest BCUT2D eigenvalue weighted by Gasteiger charge is -2.16. The minimum atomic E-state index is -4.69. The maximum absolute atomic E-state index is 12.5. The van der Waals surface area contributed by atoms with E-state index in [1.165, 1.54) is 18.3 Å². The lowest BCUT2D eigenvalue weighted by molar-refractivity contribution is -0.159. The molecule has 1 aliphatic carbocycles. The van der Waals surface area contributed by atoms with Crippen LogP contribution in [0.3, 0.4) is 0 Å². The van der Waals surface area contributed by atoms with Crippen LogP contribution in [-0.2, 0) is 11.0 Å². The van der Waals surface area contributed by atoms with Gasteiger partial charge in [-0.15, -0.1) is 0 Å². The fraction of sp³-hybridized carbons (Fsp3) is 0.500. The first-order chi connectivity index (χ1) is 12.4. The van der Waals surface area contributed by atoms with Crippen LogP contribution >= 0.6 is 0 Å². The van der Waals surface area contributed by atoms with E-state index in [-0.39, 0.29) is 29.3 Å². The molecule has 3 heterocycles. The average molecular weight is 368 g/mol. The number of rotatable bonds is 4. The molecular weight excluding hydrogens is 353 g/mol. The van der Waals surface area contributed by atoms with Crippen LogP contribution in [0.4, 0.5) is 13.2 Å². The van der Waals surface area contributed by atoms with Crippen LogP contribution in [0.1, 0.15) is 25.2 Å². The molecule has 0 N–H and O–H groups in total. The minimum Gasteiger partial charge on any atom is -0.472 e. The topological polar surface area (TPSA) is 81.4 Å². The SMILES string of the molecule is O=C(C1CC1)N1CC[C@H](Oc2ccc(-c3noc(C(F)(F)F)n3)cn2)C1. The fourth-order valence-electron chi connectivity index (χ4n) is 2.82. The Labute approximate surface area is 146 Å². The molecule has 4 rings (SSSR count). The van der Waals surface area contributed by atoms with Gasteiger partial charge in [-0.1, -0.05) is 5.16 Å². The van der Waals surface area contributed by atoms with Crippen molar-refractivity contribution in [3.05, 3.63) is 24.2 Å². The number of hydrogen-bond acceptors (Lipinski definition) is 6. The molecule has 2 fully saturated rings. The first kappa shape index (κ1) is 16.8. The van der Waals surface area contributed by atoms with Crippen LogP contribution in [0, 0.1) is 5.92 Å². The van der Waals surface area contributed by atoms with Gasteiger partial charge in [0, 0.05) is 36.7 Å². The summed E-state index contributed by atoms with van der Waals surface area (Å²) in [5.41, 5.74) is 0.286. The number of aromatic nitrogens is 3. The van der Waals surface area contributed by atoms with Crippen LogP contribution < -0.4 is 4.74 Å². The van der Waals surface area contributed by atoms with Crippen LogP contribution in [0.5, 0.6) is 5.88 Å². The van der Waals surface area contributed by atoms with E-state index >= 15 is 0 Å². The summed E-state index contributed by atoms with van der Waals surface area (Å²) in [6.45, 7) is 1.19. The molecule has 0 spiro atoms. The summed E-state index contributed by atoms with van der Waals surface area (Å²) in [5, 5.41) is 3.31. The van der Waals surface area contributed by atoms with Crippen LogP contribution in [0.2, 0.25) is 0 Å². The van der Waals surface area contributed by atoms with Crippen molar-refractivity contribution in [3.8, 4) is 17.3 Å². The Morgan fingerprint density at radius 3 is 2.69 bits per heavy atom. The monoisotopic (exact) mass is 368 g/mol. The Balaban J connectivity index is 1.37. The molecule has 1 atom stereocenters. The Hall–Kier alpha value is -2.65. The van der Waals surface area contributed by atoms with Crippen LogP contribution in [-0.4, -0.2) is 45.1 Å². The van der Waals surface area contributed by atoms with E-state index in [4.69, 9.17) is 4.74 Å². The van der Waals surface area contributed by atoms with Crippen molar-refractivity contribution in [3.63, 3.8) is 0 Å². The van der Waals surface area contributed by atoms with Crippen molar-refractivity contribution >= 4 is 5.91 Å². The minimum absolute atomic E-state index is 0.141. The maximum Gasteiger partial charge on any atom is 0.471 e. The quantitative estimate of drug-likeness (QED) is 0.825. The van der Waals surface area contributed by atoms with E-state index in [2.05, 4.69) is 19.6 Å². The molecule has 1 saturated carbocycles. The molecular formula is C16H15F3N4O3. The van der Waals surface area contributed by atoms with Crippen molar-refractivity contribution in [2.24, 2.45) is 5.92 Å². The molecule has 10 heteroatoms. The first-order valence-electron chi connectivity index (χ1n) is 8.23. The van der Waals surface area contributed by atoms with Gasteiger partial charge in [0.15, 0.2) is 0 Å². The van der Waals surface area contributed by atoms with Gasteiger partial charge in [-0.25, -0.2) is 4.98 Å².